The Bertz CT molecular complexity index is 675. The molecule has 3 nitrogen and oxygen atoms in total. The van der Waals surface area contributed by atoms with Gasteiger partial charge in [-0.1, -0.05) is 24.3 Å². The zero-order valence-electron chi connectivity index (χ0n) is 9.88. The predicted octanol–water partition coefficient (Wildman–Crippen LogP) is 2.80. The van der Waals surface area contributed by atoms with E-state index in [1.807, 2.05) is 36.4 Å². The van der Waals surface area contributed by atoms with Crippen molar-refractivity contribution >= 4 is 16.6 Å². The molecule has 0 atom stereocenters. The van der Waals surface area contributed by atoms with Crippen LogP contribution in [0.2, 0.25) is 0 Å². The van der Waals surface area contributed by atoms with Crippen molar-refractivity contribution < 1.29 is 0 Å². The summed E-state index contributed by atoms with van der Waals surface area (Å²) in [5.74, 6) is 0. The molecular weight excluding hydrogens is 222 g/mol. The van der Waals surface area contributed by atoms with E-state index in [2.05, 4.69) is 22.1 Å². The number of benzene rings is 1. The van der Waals surface area contributed by atoms with Crippen molar-refractivity contribution in [2.24, 2.45) is 0 Å². The van der Waals surface area contributed by atoms with E-state index in [0.29, 0.717) is 5.69 Å². The highest BCUT2D eigenvalue weighted by molar-refractivity contribution is 5.78. The second kappa shape index (κ2) is 4.45. The summed E-state index contributed by atoms with van der Waals surface area (Å²) in [6, 6.07) is 16.0. The van der Waals surface area contributed by atoms with Crippen molar-refractivity contribution in [3.05, 3.63) is 66.1 Å². The number of aromatic nitrogens is 2. The van der Waals surface area contributed by atoms with E-state index in [9.17, 15) is 0 Å². The van der Waals surface area contributed by atoms with Gasteiger partial charge < -0.3 is 5.73 Å². The minimum Gasteiger partial charge on any atom is -0.397 e. The fraction of sp³-hybridized carbons (Fsp3) is 0.0667. The molecule has 3 rings (SSSR count). The van der Waals surface area contributed by atoms with E-state index in [1.54, 1.807) is 6.20 Å². The molecule has 2 N–H and O–H groups in total. The van der Waals surface area contributed by atoms with Gasteiger partial charge in [-0.3, -0.25) is 9.97 Å². The smallest absolute Gasteiger partial charge is 0.0705 e. The first-order chi connectivity index (χ1) is 8.81. The van der Waals surface area contributed by atoms with Gasteiger partial charge in [0.15, 0.2) is 0 Å². The van der Waals surface area contributed by atoms with Gasteiger partial charge >= 0.3 is 0 Å². The minimum atomic E-state index is 0.685. The van der Waals surface area contributed by atoms with Crippen LogP contribution in [-0.4, -0.2) is 9.97 Å². The number of nitrogens with two attached hydrogens (primary N) is 1. The van der Waals surface area contributed by atoms with Crippen LogP contribution in [0, 0.1) is 0 Å². The van der Waals surface area contributed by atoms with Crippen molar-refractivity contribution in [2.75, 3.05) is 5.73 Å². The lowest BCUT2D eigenvalue weighted by Gasteiger charge is -2.03. The highest BCUT2D eigenvalue weighted by Crippen LogP contribution is 2.14. The average molecular weight is 235 g/mol. The number of rotatable bonds is 2. The van der Waals surface area contributed by atoms with Gasteiger partial charge in [-0.25, -0.2) is 0 Å². The standard InChI is InChI=1S/C15H13N3/c16-12-6-8-13(17-10-12)9-14-7-5-11-3-1-2-4-15(11)18-14/h1-8,10H,9,16H2. The van der Waals surface area contributed by atoms with Crippen molar-refractivity contribution in [1.82, 2.24) is 9.97 Å². The van der Waals surface area contributed by atoms with Crippen LogP contribution in [0.4, 0.5) is 5.69 Å². The molecule has 0 saturated carbocycles. The van der Waals surface area contributed by atoms with E-state index in [0.717, 1.165) is 28.7 Å². The Balaban J connectivity index is 1.92. The molecule has 0 spiro atoms. The second-order valence-corrected chi connectivity index (χ2v) is 4.25. The third-order valence-corrected chi connectivity index (χ3v) is 2.87. The van der Waals surface area contributed by atoms with Crippen LogP contribution in [0.5, 0.6) is 0 Å². The molecule has 3 heteroatoms. The Hall–Kier alpha value is -2.42. The number of pyridine rings is 2. The molecule has 0 aliphatic heterocycles. The Kier molecular flexibility index (Phi) is 2.65. The molecule has 0 fully saturated rings. The lowest BCUT2D eigenvalue weighted by atomic mass is 10.1. The van der Waals surface area contributed by atoms with Gasteiger partial charge in [0.1, 0.15) is 0 Å². The Morgan fingerprint density at radius 2 is 1.72 bits per heavy atom. The Labute approximate surface area is 105 Å². The second-order valence-electron chi connectivity index (χ2n) is 4.25. The maximum absolute atomic E-state index is 5.62. The fourth-order valence-electron chi connectivity index (χ4n) is 1.93. The van der Waals surface area contributed by atoms with Gasteiger partial charge in [-0.2, -0.15) is 0 Å². The maximum atomic E-state index is 5.62. The molecule has 0 bridgehead atoms. The first-order valence-electron chi connectivity index (χ1n) is 5.86. The summed E-state index contributed by atoms with van der Waals surface area (Å²) in [5.41, 5.74) is 9.32. The quantitative estimate of drug-likeness (QED) is 0.743. The molecule has 3 aromatic rings. The van der Waals surface area contributed by atoms with Gasteiger partial charge in [-0.05, 0) is 24.3 Å². The Morgan fingerprint density at radius 3 is 2.56 bits per heavy atom. The highest BCUT2D eigenvalue weighted by atomic mass is 14.7. The van der Waals surface area contributed by atoms with Gasteiger partial charge in [0.2, 0.25) is 0 Å². The number of hydrogen-bond acceptors (Lipinski definition) is 3. The topological polar surface area (TPSA) is 51.8 Å². The number of fused-ring (bicyclic) bond motifs is 1. The number of hydrogen-bond donors (Lipinski definition) is 1. The normalized spacial score (nSPS) is 10.7. The minimum absolute atomic E-state index is 0.685. The van der Waals surface area contributed by atoms with Crippen LogP contribution in [0.25, 0.3) is 10.9 Å². The number of nitrogen functional groups attached to an aromatic ring is 1. The van der Waals surface area contributed by atoms with Crippen molar-refractivity contribution in [2.45, 2.75) is 6.42 Å². The summed E-state index contributed by atoms with van der Waals surface area (Å²) >= 11 is 0. The third-order valence-electron chi connectivity index (χ3n) is 2.87. The maximum Gasteiger partial charge on any atom is 0.0705 e. The molecular formula is C15H13N3. The van der Waals surface area contributed by atoms with E-state index in [1.165, 1.54) is 0 Å². The van der Waals surface area contributed by atoms with E-state index >= 15 is 0 Å². The molecule has 0 saturated heterocycles. The molecule has 2 aromatic heterocycles. The van der Waals surface area contributed by atoms with Gasteiger partial charge in [-0.15, -0.1) is 0 Å². The molecule has 88 valence electrons. The molecule has 0 unspecified atom stereocenters. The molecule has 0 radical (unpaired) electrons. The average Bonchev–Trinajstić information content (AvgIpc) is 2.41. The largest absolute Gasteiger partial charge is 0.397 e. The molecule has 0 aliphatic carbocycles. The molecule has 2 heterocycles. The Morgan fingerprint density at radius 1 is 0.889 bits per heavy atom. The van der Waals surface area contributed by atoms with Gasteiger partial charge in [0, 0.05) is 23.2 Å². The number of anilines is 1. The summed E-state index contributed by atoms with van der Waals surface area (Å²) in [6.07, 6.45) is 2.40. The highest BCUT2D eigenvalue weighted by Gasteiger charge is 2.01. The monoisotopic (exact) mass is 235 g/mol. The van der Waals surface area contributed by atoms with E-state index < -0.39 is 0 Å². The fourth-order valence-corrected chi connectivity index (χ4v) is 1.93. The predicted molar refractivity (Wildman–Crippen MR) is 73.2 cm³/mol. The summed E-state index contributed by atoms with van der Waals surface area (Å²) in [6.45, 7) is 0. The SMILES string of the molecule is Nc1ccc(Cc2ccc3ccccc3n2)nc1. The number of para-hydroxylation sites is 1. The zero-order chi connectivity index (χ0) is 12.4. The first kappa shape index (κ1) is 10.7. The molecule has 18 heavy (non-hydrogen) atoms. The zero-order valence-corrected chi connectivity index (χ0v) is 9.88. The van der Waals surface area contributed by atoms with Crippen LogP contribution in [0.3, 0.4) is 0 Å². The van der Waals surface area contributed by atoms with Crippen LogP contribution < -0.4 is 5.73 Å². The van der Waals surface area contributed by atoms with Crippen molar-refractivity contribution in [1.29, 1.82) is 0 Å². The van der Waals surface area contributed by atoms with Crippen molar-refractivity contribution in [3.8, 4) is 0 Å². The summed E-state index contributed by atoms with van der Waals surface area (Å²) in [4.78, 5) is 8.91. The molecule has 0 aliphatic rings. The summed E-state index contributed by atoms with van der Waals surface area (Å²) < 4.78 is 0. The molecule has 1 aromatic carbocycles. The van der Waals surface area contributed by atoms with E-state index in [-0.39, 0.29) is 0 Å². The van der Waals surface area contributed by atoms with Crippen LogP contribution >= 0.6 is 0 Å². The number of nitrogens with zero attached hydrogens (tertiary/aromatic N) is 2. The lowest BCUT2D eigenvalue weighted by Crippen LogP contribution is -1.96. The van der Waals surface area contributed by atoms with Gasteiger partial charge in [0.25, 0.3) is 0 Å². The van der Waals surface area contributed by atoms with Gasteiger partial charge in [0.05, 0.1) is 17.4 Å². The molecule has 0 amide bonds. The van der Waals surface area contributed by atoms with Crippen LogP contribution in [0.1, 0.15) is 11.4 Å². The lowest BCUT2D eigenvalue weighted by molar-refractivity contribution is 1.03. The van der Waals surface area contributed by atoms with E-state index in [4.69, 9.17) is 5.73 Å². The van der Waals surface area contributed by atoms with Crippen LogP contribution in [0.15, 0.2) is 54.7 Å². The third kappa shape index (κ3) is 2.15. The van der Waals surface area contributed by atoms with Crippen molar-refractivity contribution in [3.63, 3.8) is 0 Å². The summed E-state index contributed by atoms with van der Waals surface area (Å²) in [7, 11) is 0. The van der Waals surface area contributed by atoms with Crippen LogP contribution in [-0.2, 0) is 6.42 Å². The first-order valence-corrected chi connectivity index (χ1v) is 5.86. The summed E-state index contributed by atoms with van der Waals surface area (Å²) in [5, 5.41) is 1.16.